The van der Waals surface area contributed by atoms with Crippen molar-refractivity contribution < 1.29 is 5.11 Å². The van der Waals surface area contributed by atoms with E-state index in [9.17, 15) is 5.11 Å². The molecule has 0 amide bonds. The number of fused-ring (bicyclic) bond motifs is 12. The van der Waals surface area contributed by atoms with Crippen molar-refractivity contribution in [3.05, 3.63) is 76.9 Å². The molecule has 7 rings (SSSR count). The second-order valence-electron chi connectivity index (χ2n) is 14.8. The van der Waals surface area contributed by atoms with E-state index in [0.29, 0.717) is 11.2 Å². The number of phenolic OH excluding ortho intramolecular Hbond substituents is 1. The number of rotatable bonds is 0. The zero-order valence-corrected chi connectivity index (χ0v) is 26.7. The van der Waals surface area contributed by atoms with Crippen molar-refractivity contribution in [2.24, 2.45) is 35.0 Å². The lowest BCUT2D eigenvalue weighted by Crippen LogP contribution is -2.48. The lowest BCUT2D eigenvalue weighted by Gasteiger charge is -2.56. The average molecular weight is 588 g/mol. The molecule has 2 aromatic carbocycles. The van der Waals surface area contributed by atoms with Crippen LogP contribution < -0.4 is 5.32 Å². The van der Waals surface area contributed by atoms with E-state index in [1.807, 2.05) is 6.07 Å². The van der Waals surface area contributed by atoms with Crippen LogP contribution in [-0.4, -0.2) is 21.6 Å². The van der Waals surface area contributed by atoms with Gasteiger partial charge in [0.1, 0.15) is 5.75 Å². The Labute approximate surface area is 256 Å². The molecule has 6 bridgehead atoms. The topological polar surface area (TPSA) is 32.3 Å². The molecule has 41 heavy (non-hydrogen) atoms. The van der Waals surface area contributed by atoms with Gasteiger partial charge in [-0.3, -0.25) is 0 Å². The predicted octanol–water partition coefficient (Wildman–Crippen LogP) is 9.35. The summed E-state index contributed by atoms with van der Waals surface area (Å²) in [6, 6.07) is 15.5. The largest absolute Gasteiger partial charge is 0.508 e. The first-order valence-electron chi connectivity index (χ1n) is 16.5. The molecular weight excluding hydrogens is 539 g/mol. The van der Waals surface area contributed by atoms with Crippen LogP contribution in [0, 0.1) is 35.0 Å². The van der Waals surface area contributed by atoms with Gasteiger partial charge in [0.05, 0.1) is 0 Å². The summed E-state index contributed by atoms with van der Waals surface area (Å²) >= 11 is 0. The van der Waals surface area contributed by atoms with Crippen LogP contribution in [0.1, 0.15) is 93.9 Å². The van der Waals surface area contributed by atoms with Gasteiger partial charge in [-0.1, -0.05) is 77.4 Å². The Balaban J connectivity index is 1.28. The van der Waals surface area contributed by atoms with Gasteiger partial charge in [-0.05, 0) is 141 Å². The zero-order chi connectivity index (χ0) is 28.0. The minimum Gasteiger partial charge on any atom is -0.508 e. The summed E-state index contributed by atoms with van der Waals surface area (Å²) in [4.78, 5) is 0. The zero-order valence-electron chi connectivity index (χ0n) is 25.1. The summed E-state index contributed by atoms with van der Waals surface area (Å²) < 4.78 is 0. The van der Waals surface area contributed by atoms with Crippen LogP contribution in [0.15, 0.2) is 54.6 Å². The maximum absolute atomic E-state index is 10.9. The highest BCUT2D eigenvalue weighted by Crippen LogP contribution is 2.60. The predicted molar refractivity (Wildman–Crippen MR) is 176 cm³/mol. The van der Waals surface area contributed by atoms with Gasteiger partial charge in [0, 0.05) is 23.1 Å². The van der Waals surface area contributed by atoms with Gasteiger partial charge < -0.3 is 10.4 Å². The standard InChI is InChI=1S/C37H49NOS2/c1-25-7-5-12-37(22-25)13-6-10-33-30-17-27-15-26(18-32(39)19-27)16-28-8-3-4-9-29(28)23-38-36(2)14-11-35(41-40-24-36)31(20-30)21-34(33)37/h3-5,8-9,12,15,18-19,25,30-31,33-35,38-39H,6-7,10-11,13-14,16-17,20-24H2,1-2H3. The summed E-state index contributed by atoms with van der Waals surface area (Å²) in [7, 11) is 4.38. The van der Waals surface area contributed by atoms with E-state index in [2.05, 4.69) is 89.3 Å². The van der Waals surface area contributed by atoms with Crippen molar-refractivity contribution in [3.8, 4) is 5.75 Å². The van der Waals surface area contributed by atoms with Crippen molar-refractivity contribution in [1.29, 1.82) is 0 Å². The molecule has 0 aromatic heterocycles. The third-order valence-corrected chi connectivity index (χ3v) is 15.0. The Hall–Kier alpha value is -1.36. The van der Waals surface area contributed by atoms with Gasteiger partial charge in [0.2, 0.25) is 0 Å². The maximum atomic E-state index is 10.9. The fraction of sp³-hybridized carbons (Fsp3) is 0.622. The summed E-state index contributed by atoms with van der Waals surface area (Å²) in [5, 5.41) is 15.7. The minimum absolute atomic E-state index is 0.166. The van der Waals surface area contributed by atoms with E-state index >= 15 is 0 Å². The maximum Gasteiger partial charge on any atom is 0.116 e. The molecule has 2 N–H and O–H groups in total. The molecule has 5 aliphatic rings. The quantitative estimate of drug-likeness (QED) is 0.238. The van der Waals surface area contributed by atoms with Gasteiger partial charge in [0.25, 0.3) is 0 Å². The second kappa shape index (κ2) is 11.6. The van der Waals surface area contributed by atoms with Crippen molar-refractivity contribution >= 4 is 21.6 Å². The molecule has 3 aliphatic carbocycles. The lowest BCUT2D eigenvalue weighted by molar-refractivity contribution is -0.0273. The lowest BCUT2D eigenvalue weighted by atomic mass is 9.49. The third-order valence-electron chi connectivity index (χ3n) is 11.7. The van der Waals surface area contributed by atoms with Crippen LogP contribution in [-0.2, 0) is 19.4 Å². The van der Waals surface area contributed by atoms with Crippen molar-refractivity contribution in [2.75, 3.05) is 5.75 Å². The molecule has 8 atom stereocenters. The Kier molecular flexibility index (Phi) is 8.05. The van der Waals surface area contributed by atoms with Crippen LogP contribution in [0.4, 0.5) is 0 Å². The average Bonchev–Trinajstić information content (AvgIpc) is 3.14. The molecule has 2 aromatic rings. The fourth-order valence-corrected chi connectivity index (χ4v) is 13.4. The number of phenols is 1. The van der Waals surface area contributed by atoms with E-state index in [4.69, 9.17) is 0 Å². The van der Waals surface area contributed by atoms with Crippen LogP contribution in [0.5, 0.6) is 5.75 Å². The van der Waals surface area contributed by atoms with Gasteiger partial charge in [-0.2, -0.15) is 0 Å². The number of allylic oxidation sites excluding steroid dienone is 2. The Morgan fingerprint density at radius 2 is 1.83 bits per heavy atom. The van der Waals surface area contributed by atoms with Gasteiger partial charge in [-0.25, -0.2) is 0 Å². The highest BCUT2D eigenvalue weighted by atomic mass is 33.1. The van der Waals surface area contributed by atoms with Crippen molar-refractivity contribution in [2.45, 2.75) is 102 Å². The second-order valence-corrected chi connectivity index (χ2v) is 17.4. The van der Waals surface area contributed by atoms with Crippen LogP contribution >= 0.6 is 21.6 Å². The molecule has 2 heterocycles. The molecule has 0 radical (unpaired) electrons. The Bertz CT molecular complexity index is 1280. The van der Waals surface area contributed by atoms with E-state index in [0.717, 1.165) is 54.2 Å². The number of hydrogen-bond acceptors (Lipinski definition) is 4. The minimum atomic E-state index is 0.166. The molecule has 2 nitrogen and oxygen atoms in total. The van der Waals surface area contributed by atoms with Gasteiger partial charge in [-0.15, -0.1) is 0 Å². The summed E-state index contributed by atoms with van der Waals surface area (Å²) in [5.74, 6) is 5.58. The van der Waals surface area contributed by atoms with E-state index in [1.54, 1.807) is 0 Å². The number of hydrogen-bond donors (Lipinski definition) is 2. The fourth-order valence-electron chi connectivity index (χ4n) is 9.76. The van der Waals surface area contributed by atoms with Crippen molar-refractivity contribution in [1.82, 2.24) is 5.32 Å². The molecule has 1 spiro atoms. The SMILES string of the molecule is CC1CC=CC2(CCCC3C4Cc5cc(O)cc(c5)Cc5ccccc5CNC5(C)CCC(SSC5)C(C4)CC32)C1. The first-order valence-corrected chi connectivity index (χ1v) is 18.9. The highest BCUT2D eigenvalue weighted by Gasteiger charge is 2.52. The van der Waals surface area contributed by atoms with Crippen LogP contribution in [0.25, 0.3) is 0 Å². The van der Waals surface area contributed by atoms with Gasteiger partial charge in [0.15, 0.2) is 0 Å². The third kappa shape index (κ3) is 5.92. The summed E-state index contributed by atoms with van der Waals surface area (Å²) in [6.07, 6.45) is 19.5. The van der Waals surface area contributed by atoms with Crippen LogP contribution in [0.2, 0.25) is 0 Å². The normalized spacial score (nSPS) is 39.1. The highest BCUT2D eigenvalue weighted by molar-refractivity contribution is 8.77. The summed E-state index contributed by atoms with van der Waals surface area (Å²) in [6.45, 7) is 5.88. The molecule has 4 heteroatoms. The number of nitrogens with one attached hydrogen (secondary N) is 1. The van der Waals surface area contributed by atoms with E-state index < -0.39 is 0 Å². The first kappa shape index (κ1) is 28.4. The van der Waals surface area contributed by atoms with Crippen LogP contribution in [0.3, 0.4) is 0 Å². The first-order chi connectivity index (χ1) is 19.9. The molecule has 3 fully saturated rings. The summed E-state index contributed by atoms with van der Waals surface area (Å²) in [5.41, 5.74) is 5.97. The monoisotopic (exact) mass is 587 g/mol. The van der Waals surface area contributed by atoms with E-state index in [-0.39, 0.29) is 5.54 Å². The van der Waals surface area contributed by atoms with Gasteiger partial charge >= 0.3 is 0 Å². The van der Waals surface area contributed by atoms with E-state index in [1.165, 1.54) is 85.8 Å². The molecular formula is C37H49NOS2. The van der Waals surface area contributed by atoms with Crippen molar-refractivity contribution in [3.63, 3.8) is 0 Å². The smallest absolute Gasteiger partial charge is 0.116 e. The molecule has 2 saturated carbocycles. The molecule has 2 aliphatic heterocycles. The Morgan fingerprint density at radius 1 is 0.976 bits per heavy atom. The Morgan fingerprint density at radius 3 is 2.71 bits per heavy atom. The number of benzene rings is 2. The molecule has 220 valence electrons. The molecule has 1 saturated heterocycles. The molecule has 8 unspecified atom stereocenters. The number of aromatic hydroxyl groups is 1.